The summed E-state index contributed by atoms with van der Waals surface area (Å²) in [6.45, 7) is 8.41. The highest BCUT2D eigenvalue weighted by Crippen LogP contribution is 2.36. The van der Waals surface area contributed by atoms with E-state index in [1.54, 1.807) is 17.7 Å². The predicted molar refractivity (Wildman–Crippen MR) is 136 cm³/mol. The number of hydrogen-bond acceptors (Lipinski definition) is 9. The summed E-state index contributed by atoms with van der Waals surface area (Å²) in [5, 5.41) is 13.3. The van der Waals surface area contributed by atoms with Crippen molar-refractivity contribution in [1.82, 2.24) is 29.7 Å². The van der Waals surface area contributed by atoms with Crippen molar-refractivity contribution in [3.63, 3.8) is 0 Å². The van der Waals surface area contributed by atoms with Gasteiger partial charge in [0.15, 0.2) is 0 Å². The molecule has 0 radical (unpaired) electrons. The number of aliphatic hydroxyl groups is 1. The molecule has 0 aliphatic carbocycles. The zero-order chi connectivity index (χ0) is 23.3. The SMILES string of the molecule is CCN1CCN(Cc2ncc(-c3cc4ncnc(N[C@H](CO)c5ccccc5)c4s3)cn2)CC1. The summed E-state index contributed by atoms with van der Waals surface area (Å²) < 4.78 is 0.949. The molecule has 0 unspecified atom stereocenters. The molecular formula is C25H29N7OS. The summed E-state index contributed by atoms with van der Waals surface area (Å²) >= 11 is 1.60. The van der Waals surface area contributed by atoms with Gasteiger partial charge in [-0.1, -0.05) is 37.3 Å². The number of benzene rings is 1. The zero-order valence-corrected chi connectivity index (χ0v) is 20.1. The largest absolute Gasteiger partial charge is 0.394 e. The van der Waals surface area contributed by atoms with Crippen molar-refractivity contribution in [2.24, 2.45) is 0 Å². The molecular weight excluding hydrogens is 446 g/mol. The summed E-state index contributed by atoms with van der Waals surface area (Å²) in [6, 6.07) is 11.7. The number of anilines is 1. The minimum absolute atomic E-state index is 0.0312. The Kier molecular flexibility index (Phi) is 7.05. The minimum atomic E-state index is -0.244. The van der Waals surface area contributed by atoms with E-state index in [1.165, 1.54) is 0 Å². The molecule has 1 saturated heterocycles. The van der Waals surface area contributed by atoms with E-state index in [1.807, 2.05) is 48.8 Å². The van der Waals surface area contributed by atoms with Crippen LogP contribution in [0.4, 0.5) is 5.82 Å². The van der Waals surface area contributed by atoms with Crippen molar-refractivity contribution >= 4 is 27.4 Å². The predicted octanol–water partition coefficient (Wildman–Crippen LogP) is 3.43. The third-order valence-electron chi connectivity index (χ3n) is 6.27. The Hall–Kier alpha value is -2.98. The number of thiophene rings is 1. The van der Waals surface area contributed by atoms with Crippen LogP contribution in [0.15, 0.2) is 55.1 Å². The Balaban J connectivity index is 1.32. The van der Waals surface area contributed by atoms with Crippen molar-refractivity contribution in [3.05, 3.63) is 66.5 Å². The number of aromatic nitrogens is 4. The maximum Gasteiger partial charge on any atom is 0.148 e. The molecule has 1 aliphatic heterocycles. The molecule has 8 nitrogen and oxygen atoms in total. The molecule has 0 spiro atoms. The van der Waals surface area contributed by atoms with E-state index in [2.05, 4.69) is 42.0 Å². The second kappa shape index (κ2) is 10.5. The van der Waals surface area contributed by atoms with Crippen molar-refractivity contribution < 1.29 is 5.11 Å². The molecule has 2 N–H and O–H groups in total. The first-order valence-corrected chi connectivity index (χ1v) is 12.5. The molecule has 176 valence electrons. The number of likely N-dealkylation sites (N-methyl/N-ethyl adjacent to an activating group) is 1. The highest BCUT2D eigenvalue weighted by atomic mass is 32.1. The van der Waals surface area contributed by atoms with Crippen molar-refractivity contribution in [2.75, 3.05) is 44.6 Å². The van der Waals surface area contributed by atoms with Gasteiger partial charge >= 0.3 is 0 Å². The lowest BCUT2D eigenvalue weighted by atomic mass is 10.1. The molecule has 1 atom stereocenters. The molecule has 1 aliphatic rings. The van der Waals surface area contributed by atoms with Gasteiger partial charge in [-0.15, -0.1) is 11.3 Å². The van der Waals surface area contributed by atoms with Crippen LogP contribution in [0, 0.1) is 0 Å². The molecule has 9 heteroatoms. The van der Waals surface area contributed by atoms with Crippen molar-refractivity contribution in [2.45, 2.75) is 19.5 Å². The molecule has 4 aromatic rings. The number of piperazine rings is 1. The number of nitrogens with zero attached hydrogens (tertiary/aromatic N) is 6. The van der Waals surface area contributed by atoms with Crippen LogP contribution in [0.3, 0.4) is 0 Å². The maximum atomic E-state index is 9.94. The van der Waals surface area contributed by atoms with Gasteiger partial charge in [-0.25, -0.2) is 19.9 Å². The minimum Gasteiger partial charge on any atom is -0.394 e. The summed E-state index contributed by atoms with van der Waals surface area (Å²) in [4.78, 5) is 24.1. The molecule has 1 aromatic carbocycles. The van der Waals surface area contributed by atoms with Gasteiger partial charge in [0, 0.05) is 49.0 Å². The smallest absolute Gasteiger partial charge is 0.148 e. The lowest BCUT2D eigenvalue weighted by Gasteiger charge is -2.33. The van der Waals surface area contributed by atoms with Crippen LogP contribution in [-0.2, 0) is 6.54 Å². The Morgan fingerprint density at radius 2 is 1.74 bits per heavy atom. The molecule has 0 saturated carbocycles. The lowest BCUT2D eigenvalue weighted by molar-refractivity contribution is 0.129. The van der Waals surface area contributed by atoms with Crippen LogP contribution in [0.25, 0.3) is 20.7 Å². The summed E-state index contributed by atoms with van der Waals surface area (Å²) in [5.74, 6) is 1.57. The maximum absolute atomic E-state index is 9.94. The van der Waals surface area contributed by atoms with E-state index in [9.17, 15) is 5.11 Å². The molecule has 1 fully saturated rings. The molecule has 0 bridgehead atoms. The fraction of sp³-hybridized carbons (Fsp3) is 0.360. The second-order valence-electron chi connectivity index (χ2n) is 8.44. The quantitative estimate of drug-likeness (QED) is 0.401. The number of nitrogens with one attached hydrogen (secondary N) is 1. The van der Waals surface area contributed by atoms with Gasteiger partial charge in [0.2, 0.25) is 0 Å². The van der Waals surface area contributed by atoms with Gasteiger partial charge in [0.05, 0.1) is 29.4 Å². The van der Waals surface area contributed by atoms with E-state index in [0.717, 1.165) is 71.3 Å². The Morgan fingerprint density at radius 3 is 2.44 bits per heavy atom. The van der Waals surface area contributed by atoms with Crippen LogP contribution in [0.5, 0.6) is 0 Å². The normalized spacial score (nSPS) is 16.1. The third-order valence-corrected chi connectivity index (χ3v) is 7.45. The Morgan fingerprint density at radius 1 is 1.00 bits per heavy atom. The van der Waals surface area contributed by atoms with E-state index in [-0.39, 0.29) is 12.6 Å². The van der Waals surface area contributed by atoms with E-state index in [4.69, 9.17) is 0 Å². The van der Waals surface area contributed by atoms with Gasteiger partial charge in [-0.05, 0) is 18.2 Å². The highest BCUT2D eigenvalue weighted by Gasteiger charge is 2.18. The standard InChI is InChI=1S/C25H29N7OS/c1-2-31-8-10-32(11-9-31)15-23-26-13-19(14-27-23)22-12-20-24(34-22)25(29-17-28-20)30-21(16-33)18-6-4-3-5-7-18/h3-7,12-14,17,21,33H,2,8-11,15-16H2,1H3,(H,28,29,30)/t21-/m1/s1. The number of fused-ring (bicyclic) bond motifs is 1. The number of aliphatic hydroxyl groups excluding tert-OH is 1. The van der Waals surface area contributed by atoms with Crippen LogP contribution in [0.1, 0.15) is 24.4 Å². The van der Waals surface area contributed by atoms with E-state index in [0.29, 0.717) is 5.82 Å². The van der Waals surface area contributed by atoms with Crippen molar-refractivity contribution in [3.8, 4) is 10.4 Å². The monoisotopic (exact) mass is 475 g/mol. The van der Waals surface area contributed by atoms with Gasteiger partial charge in [-0.2, -0.15) is 0 Å². The third kappa shape index (κ3) is 5.07. The van der Waals surface area contributed by atoms with Crippen LogP contribution < -0.4 is 5.32 Å². The average molecular weight is 476 g/mol. The van der Waals surface area contributed by atoms with E-state index < -0.39 is 0 Å². The first-order chi connectivity index (χ1) is 16.7. The molecule has 3 aromatic heterocycles. The zero-order valence-electron chi connectivity index (χ0n) is 19.3. The second-order valence-corrected chi connectivity index (χ2v) is 9.49. The van der Waals surface area contributed by atoms with Crippen LogP contribution >= 0.6 is 11.3 Å². The van der Waals surface area contributed by atoms with Gasteiger partial charge in [0.1, 0.15) is 18.0 Å². The first-order valence-electron chi connectivity index (χ1n) is 11.7. The first kappa shape index (κ1) is 22.8. The average Bonchev–Trinajstić information content (AvgIpc) is 3.34. The fourth-order valence-electron chi connectivity index (χ4n) is 4.21. The van der Waals surface area contributed by atoms with Crippen LogP contribution in [0.2, 0.25) is 0 Å². The molecule has 5 rings (SSSR count). The molecule has 34 heavy (non-hydrogen) atoms. The molecule has 4 heterocycles. The number of hydrogen-bond donors (Lipinski definition) is 2. The highest BCUT2D eigenvalue weighted by molar-refractivity contribution is 7.22. The van der Waals surface area contributed by atoms with Gasteiger partial charge in [-0.3, -0.25) is 4.90 Å². The summed E-state index contributed by atoms with van der Waals surface area (Å²) in [6.07, 6.45) is 5.35. The molecule has 0 amide bonds. The van der Waals surface area contributed by atoms with Crippen LogP contribution in [-0.4, -0.2) is 74.2 Å². The van der Waals surface area contributed by atoms with Gasteiger partial charge < -0.3 is 15.3 Å². The van der Waals surface area contributed by atoms with Crippen molar-refractivity contribution in [1.29, 1.82) is 0 Å². The van der Waals surface area contributed by atoms with Gasteiger partial charge in [0.25, 0.3) is 0 Å². The fourth-order valence-corrected chi connectivity index (χ4v) is 5.25. The Labute approximate surface area is 203 Å². The lowest BCUT2D eigenvalue weighted by Crippen LogP contribution is -2.45. The summed E-state index contributed by atoms with van der Waals surface area (Å²) in [7, 11) is 0. The summed E-state index contributed by atoms with van der Waals surface area (Å²) in [5.41, 5.74) is 2.84. The Bertz CT molecular complexity index is 1210. The van der Waals surface area contributed by atoms with E-state index >= 15 is 0 Å². The number of rotatable bonds is 8. The topological polar surface area (TPSA) is 90.3 Å².